The Kier molecular flexibility index (Phi) is 5.90. The molecular weight excluding hydrogens is 418 g/mol. The van der Waals surface area contributed by atoms with Gasteiger partial charge in [0.15, 0.2) is 5.13 Å². The summed E-state index contributed by atoms with van der Waals surface area (Å²) in [6.45, 7) is 5.19. The van der Waals surface area contributed by atoms with Crippen LogP contribution in [0.5, 0.6) is 0 Å². The molecular formula is C22H25N3O3S2. The lowest BCUT2D eigenvalue weighted by atomic mass is 10.1. The fourth-order valence-electron chi connectivity index (χ4n) is 3.70. The van der Waals surface area contributed by atoms with Crippen molar-refractivity contribution < 1.29 is 13.2 Å². The molecule has 0 radical (unpaired) electrons. The number of aromatic nitrogens is 1. The van der Waals surface area contributed by atoms with Crippen molar-refractivity contribution in [3.05, 3.63) is 53.1 Å². The Bertz CT molecular complexity index is 1140. The summed E-state index contributed by atoms with van der Waals surface area (Å²) in [7, 11) is -3.45. The van der Waals surface area contributed by atoms with Crippen LogP contribution in [0.4, 0.5) is 5.13 Å². The summed E-state index contributed by atoms with van der Waals surface area (Å²) in [6.07, 6.45) is 3.05. The molecule has 1 fully saturated rings. The number of carbonyl (C=O) groups is 1. The van der Waals surface area contributed by atoms with Crippen molar-refractivity contribution in [2.24, 2.45) is 0 Å². The van der Waals surface area contributed by atoms with E-state index >= 15 is 0 Å². The van der Waals surface area contributed by atoms with Crippen LogP contribution in [-0.2, 0) is 21.2 Å². The van der Waals surface area contributed by atoms with Crippen molar-refractivity contribution in [3.8, 4) is 0 Å². The zero-order valence-electron chi connectivity index (χ0n) is 17.1. The molecule has 3 aromatic rings. The third kappa shape index (κ3) is 4.26. The van der Waals surface area contributed by atoms with E-state index in [1.165, 1.54) is 11.3 Å². The third-order valence-electron chi connectivity index (χ3n) is 5.43. The van der Waals surface area contributed by atoms with Crippen LogP contribution in [0.25, 0.3) is 10.2 Å². The summed E-state index contributed by atoms with van der Waals surface area (Å²) < 4.78 is 28.1. The number of nitrogens with one attached hydrogen (secondary N) is 1. The molecule has 8 heteroatoms. The number of benzene rings is 2. The number of anilines is 1. The Hall–Kier alpha value is -2.29. The second-order valence-corrected chi connectivity index (χ2v) is 10.7. The first-order valence-electron chi connectivity index (χ1n) is 10.1. The maximum absolute atomic E-state index is 12.7. The molecule has 1 aliphatic rings. The number of hydrogen-bond acceptors (Lipinski definition) is 5. The van der Waals surface area contributed by atoms with Gasteiger partial charge in [0, 0.05) is 13.1 Å². The van der Waals surface area contributed by atoms with Gasteiger partial charge in [-0.3, -0.25) is 4.79 Å². The first-order valence-corrected chi connectivity index (χ1v) is 12.4. The van der Waals surface area contributed by atoms with E-state index in [0.29, 0.717) is 18.2 Å². The molecule has 0 saturated carbocycles. The number of fused-ring (bicyclic) bond motifs is 1. The lowest BCUT2D eigenvalue weighted by Gasteiger charge is -2.25. The molecule has 2 heterocycles. The molecule has 158 valence electrons. The van der Waals surface area contributed by atoms with Gasteiger partial charge in [-0.25, -0.2) is 13.4 Å². The molecule has 30 heavy (non-hydrogen) atoms. The van der Waals surface area contributed by atoms with Crippen molar-refractivity contribution in [3.63, 3.8) is 0 Å². The van der Waals surface area contributed by atoms with Crippen molar-refractivity contribution in [2.75, 3.05) is 18.4 Å². The Morgan fingerprint density at radius 2 is 1.70 bits per heavy atom. The predicted molar refractivity (Wildman–Crippen MR) is 120 cm³/mol. The van der Waals surface area contributed by atoms with Crippen LogP contribution in [0.1, 0.15) is 36.0 Å². The van der Waals surface area contributed by atoms with E-state index in [-0.39, 0.29) is 17.2 Å². The Morgan fingerprint density at radius 3 is 2.37 bits per heavy atom. The first kappa shape index (κ1) is 21.0. The molecule has 0 unspecified atom stereocenters. The number of carbonyl (C=O) groups excluding carboxylic acids is 1. The molecule has 1 N–H and O–H groups in total. The number of amides is 1. The number of sulfonamides is 1. The zero-order chi connectivity index (χ0) is 21.3. The molecule has 0 atom stereocenters. The molecule has 6 nitrogen and oxygen atoms in total. The minimum absolute atomic E-state index is 0.165. The Morgan fingerprint density at radius 1 is 1.03 bits per heavy atom. The monoisotopic (exact) mass is 443 g/mol. The normalized spacial score (nSPS) is 15.4. The first-order chi connectivity index (χ1) is 14.3. The van der Waals surface area contributed by atoms with Gasteiger partial charge in [0.2, 0.25) is 15.9 Å². The van der Waals surface area contributed by atoms with Crippen molar-refractivity contribution in [1.29, 1.82) is 0 Å². The summed E-state index contributed by atoms with van der Waals surface area (Å²) in [5.74, 6) is -0.170. The number of hydrogen-bond donors (Lipinski definition) is 1. The minimum Gasteiger partial charge on any atom is -0.302 e. The number of nitrogens with zero attached hydrogens (tertiary/aromatic N) is 2. The van der Waals surface area contributed by atoms with E-state index < -0.39 is 10.0 Å². The van der Waals surface area contributed by atoms with Crippen molar-refractivity contribution >= 4 is 42.6 Å². The van der Waals surface area contributed by atoms with E-state index in [1.54, 1.807) is 28.6 Å². The van der Waals surface area contributed by atoms with Gasteiger partial charge in [-0.1, -0.05) is 42.0 Å². The highest BCUT2D eigenvalue weighted by atomic mass is 32.2. The second kappa shape index (κ2) is 8.45. The lowest BCUT2D eigenvalue weighted by Crippen LogP contribution is -2.35. The second-order valence-electron chi connectivity index (χ2n) is 7.73. The Labute approximate surface area is 181 Å². The summed E-state index contributed by atoms with van der Waals surface area (Å²) in [5, 5.41) is 3.45. The molecule has 1 saturated heterocycles. The highest BCUT2D eigenvalue weighted by Crippen LogP contribution is 2.31. The van der Waals surface area contributed by atoms with Crippen LogP contribution in [0, 0.1) is 13.8 Å². The quantitative estimate of drug-likeness (QED) is 0.639. The van der Waals surface area contributed by atoms with Gasteiger partial charge in [0.1, 0.15) is 0 Å². The van der Waals surface area contributed by atoms with Crippen molar-refractivity contribution in [2.45, 2.75) is 44.4 Å². The summed E-state index contributed by atoms with van der Waals surface area (Å²) in [6, 6.07) is 10.7. The average Bonchev–Trinajstić information content (AvgIpc) is 3.17. The predicted octanol–water partition coefficient (Wildman–Crippen LogP) is 4.27. The topological polar surface area (TPSA) is 79.4 Å². The maximum Gasteiger partial charge on any atom is 0.243 e. The lowest BCUT2D eigenvalue weighted by molar-refractivity contribution is -0.115. The highest BCUT2D eigenvalue weighted by Gasteiger charge is 2.25. The van der Waals surface area contributed by atoms with E-state index in [1.807, 2.05) is 19.9 Å². The smallest absolute Gasteiger partial charge is 0.243 e. The SMILES string of the molecule is Cc1ccc(C)c2sc(NC(=O)Cc3ccc(S(=O)(=O)N4CCCCC4)cc3)nc12. The number of thiazole rings is 1. The number of aryl methyl sites for hydroxylation is 2. The van der Waals surface area contributed by atoms with Crippen LogP contribution in [0.2, 0.25) is 0 Å². The molecule has 4 rings (SSSR count). The van der Waals surface area contributed by atoms with Gasteiger partial charge in [-0.2, -0.15) is 4.31 Å². The average molecular weight is 444 g/mol. The van der Waals surface area contributed by atoms with Gasteiger partial charge in [0.25, 0.3) is 0 Å². The molecule has 1 amide bonds. The van der Waals surface area contributed by atoms with Crippen LogP contribution >= 0.6 is 11.3 Å². The summed E-state index contributed by atoms with van der Waals surface area (Å²) in [4.78, 5) is 17.3. The molecule has 0 bridgehead atoms. The number of rotatable bonds is 5. The van der Waals surface area contributed by atoms with Gasteiger partial charge < -0.3 is 5.32 Å². The molecule has 1 aliphatic heterocycles. The molecule has 0 aliphatic carbocycles. The summed E-state index contributed by atoms with van der Waals surface area (Å²) in [5.41, 5.74) is 3.90. The zero-order valence-corrected chi connectivity index (χ0v) is 18.8. The highest BCUT2D eigenvalue weighted by molar-refractivity contribution is 7.89. The summed E-state index contributed by atoms with van der Waals surface area (Å²) >= 11 is 1.47. The standard InChI is InChI=1S/C22H25N3O3S2/c1-15-6-7-16(2)21-20(15)24-22(29-21)23-19(26)14-17-8-10-18(11-9-17)30(27,28)25-12-4-3-5-13-25/h6-11H,3-5,12-14H2,1-2H3,(H,23,24,26). The molecule has 2 aromatic carbocycles. The largest absolute Gasteiger partial charge is 0.302 e. The molecule has 0 spiro atoms. The van der Waals surface area contributed by atoms with Gasteiger partial charge in [-0.05, 0) is 55.5 Å². The van der Waals surface area contributed by atoms with Gasteiger partial charge in [-0.15, -0.1) is 0 Å². The van der Waals surface area contributed by atoms with E-state index in [0.717, 1.165) is 46.2 Å². The van der Waals surface area contributed by atoms with Crippen molar-refractivity contribution in [1.82, 2.24) is 9.29 Å². The fraction of sp³-hybridized carbons (Fsp3) is 0.364. The van der Waals surface area contributed by atoms with Crippen LogP contribution in [0.3, 0.4) is 0 Å². The van der Waals surface area contributed by atoms with Gasteiger partial charge >= 0.3 is 0 Å². The van der Waals surface area contributed by atoms with Crippen LogP contribution < -0.4 is 5.32 Å². The van der Waals surface area contributed by atoms with Crippen LogP contribution in [0.15, 0.2) is 41.3 Å². The van der Waals surface area contributed by atoms with E-state index in [2.05, 4.69) is 16.4 Å². The number of piperidine rings is 1. The fourth-order valence-corrected chi connectivity index (χ4v) is 6.24. The van der Waals surface area contributed by atoms with E-state index in [9.17, 15) is 13.2 Å². The maximum atomic E-state index is 12.7. The van der Waals surface area contributed by atoms with E-state index in [4.69, 9.17) is 0 Å². The van der Waals surface area contributed by atoms with Crippen LogP contribution in [-0.4, -0.2) is 36.7 Å². The third-order valence-corrected chi connectivity index (χ3v) is 8.45. The Balaban J connectivity index is 1.44. The van der Waals surface area contributed by atoms with Gasteiger partial charge in [0.05, 0.1) is 21.5 Å². The molecule has 1 aromatic heterocycles. The minimum atomic E-state index is -3.45.